The van der Waals surface area contributed by atoms with Crippen LogP contribution in [0.3, 0.4) is 0 Å². The van der Waals surface area contributed by atoms with E-state index in [1.807, 2.05) is 0 Å². The minimum absolute atomic E-state index is 0.0561. The van der Waals surface area contributed by atoms with Crippen LogP contribution in [0.5, 0.6) is 0 Å². The van der Waals surface area contributed by atoms with Gasteiger partial charge in [-0.2, -0.15) is 13.2 Å². The van der Waals surface area contributed by atoms with Crippen molar-refractivity contribution in [1.82, 2.24) is 9.88 Å². The monoisotopic (exact) mass is 426 g/mol. The average Bonchev–Trinajstić information content (AvgIpc) is 2.72. The molecule has 1 amide bonds. The SMILES string of the molecule is O=C(c1ccccc1)C1CCN(C(=O)c2cccnc2S(=O)(=O)C(F)(F)F)CC1. The van der Waals surface area contributed by atoms with Gasteiger partial charge in [-0.05, 0) is 25.0 Å². The molecule has 29 heavy (non-hydrogen) atoms. The summed E-state index contributed by atoms with van der Waals surface area (Å²) in [7, 11) is -5.76. The Morgan fingerprint density at radius 1 is 1.00 bits per heavy atom. The van der Waals surface area contributed by atoms with E-state index in [9.17, 15) is 31.2 Å². The summed E-state index contributed by atoms with van der Waals surface area (Å²) in [6.07, 6.45) is 1.56. The first kappa shape index (κ1) is 21.0. The Morgan fingerprint density at radius 3 is 2.21 bits per heavy atom. The van der Waals surface area contributed by atoms with Crippen molar-refractivity contribution in [2.24, 2.45) is 5.92 Å². The highest BCUT2D eigenvalue weighted by Gasteiger charge is 2.49. The maximum absolute atomic E-state index is 12.9. The fourth-order valence-corrected chi connectivity index (χ4v) is 4.09. The zero-order chi connectivity index (χ0) is 21.2. The number of carbonyl (C=O) groups is 2. The molecule has 1 aliphatic rings. The molecule has 0 saturated carbocycles. The number of aromatic nitrogens is 1. The van der Waals surface area contributed by atoms with E-state index < -0.39 is 31.8 Å². The van der Waals surface area contributed by atoms with Crippen LogP contribution in [-0.4, -0.2) is 48.6 Å². The number of sulfone groups is 1. The van der Waals surface area contributed by atoms with E-state index in [-0.39, 0.29) is 24.8 Å². The van der Waals surface area contributed by atoms with E-state index in [0.29, 0.717) is 18.4 Å². The Morgan fingerprint density at radius 2 is 1.62 bits per heavy atom. The molecule has 0 aliphatic carbocycles. The number of pyridine rings is 1. The van der Waals surface area contributed by atoms with Crippen molar-refractivity contribution in [2.75, 3.05) is 13.1 Å². The van der Waals surface area contributed by atoms with E-state index in [2.05, 4.69) is 4.98 Å². The van der Waals surface area contributed by atoms with Crippen LogP contribution >= 0.6 is 0 Å². The maximum atomic E-state index is 12.9. The highest BCUT2D eigenvalue weighted by Crippen LogP contribution is 2.32. The van der Waals surface area contributed by atoms with E-state index >= 15 is 0 Å². The number of piperidine rings is 1. The number of carbonyl (C=O) groups excluding carboxylic acids is 2. The molecule has 1 aromatic carbocycles. The van der Waals surface area contributed by atoms with Gasteiger partial charge in [-0.3, -0.25) is 9.59 Å². The van der Waals surface area contributed by atoms with Gasteiger partial charge in [0.2, 0.25) is 0 Å². The van der Waals surface area contributed by atoms with E-state index in [1.54, 1.807) is 30.3 Å². The molecule has 0 bridgehead atoms. The normalized spacial score (nSPS) is 15.9. The second-order valence-electron chi connectivity index (χ2n) is 6.60. The van der Waals surface area contributed by atoms with E-state index in [1.165, 1.54) is 11.0 Å². The predicted molar refractivity (Wildman–Crippen MR) is 96.9 cm³/mol. The van der Waals surface area contributed by atoms with Crippen LogP contribution in [0.1, 0.15) is 33.6 Å². The number of hydrogen-bond acceptors (Lipinski definition) is 5. The summed E-state index contributed by atoms with van der Waals surface area (Å²) >= 11 is 0. The molecule has 1 saturated heterocycles. The number of amides is 1. The first-order valence-electron chi connectivity index (χ1n) is 8.78. The quantitative estimate of drug-likeness (QED) is 0.702. The van der Waals surface area contributed by atoms with Crippen molar-refractivity contribution in [1.29, 1.82) is 0 Å². The number of nitrogens with zero attached hydrogens (tertiary/aromatic N) is 2. The van der Waals surface area contributed by atoms with Gasteiger partial charge in [0.1, 0.15) is 0 Å². The number of Topliss-reactive ketones (excluding diaryl/α,β-unsaturated/α-hetero) is 1. The van der Waals surface area contributed by atoms with Crippen LogP contribution in [-0.2, 0) is 9.84 Å². The third-order valence-electron chi connectivity index (χ3n) is 4.77. The maximum Gasteiger partial charge on any atom is 0.503 e. The molecule has 0 spiro atoms. The number of rotatable bonds is 4. The van der Waals surface area contributed by atoms with Gasteiger partial charge in [-0.15, -0.1) is 0 Å². The van der Waals surface area contributed by atoms with Crippen molar-refractivity contribution >= 4 is 21.5 Å². The summed E-state index contributed by atoms with van der Waals surface area (Å²) in [6, 6.07) is 10.9. The van der Waals surface area contributed by atoms with Crippen molar-refractivity contribution in [3.63, 3.8) is 0 Å². The molecule has 6 nitrogen and oxygen atoms in total. The molecular weight excluding hydrogens is 409 g/mol. The van der Waals surface area contributed by atoms with E-state index in [4.69, 9.17) is 0 Å². The molecule has 2 heterocycles. The minimum Gasteiger partial charge on any atom is -0.339 e. The lowest BCUT2D eigenvalue weighted by Crippen LogP contribution is -2.41. The molecule has 1 fully saturated rings. The minimum atomic E-state index is -5.76. The fourth-order valence-electron chi connectivity index (χ4n) is 3.23. The lowest BCUT2D eigenvalue weighted by molar-refractivity contribution is -0.0438. The number of ketones is 1. The Balaban J connectivity index is 1.76. The molecule has 154 valence electrons. The first-order chi connectivity index (χ1) is 13.6. The lowest BCUT2D eigenvalue weighted by atomic mass is 9.88. The molecule has 1 aromatic heterocycles. The first-order valence-corrected chi connectivity index (χ1v) is 10.3. The highest BCUT2D eigenvalue weighted by molar-refractivity contribution is 7.92. The third-order valence-corrected chi connectivity index (χ3v) is 6.22. The molecule has 0 atom stereocenters. The molecule has 0 radical (unpaired) electrons. The topological polar surface area (TPSA) is 84.4 Å². The van der Waals surface area contributed by atoms with Crippen LogP contribution < -0.4 is 0 Å². The summed E-state index contributed by atoms with van der Waals surface area (Å²) in [4.78, 5) is 29.8. The van der Waals surface area contributed by atoms with Gasteiger partial charge in [0, 0.05) is 30.8 Å². The molecule has 0 unspecified atom stereocenters. The number of alkyl halides is 3. The van der Waals surface area contributed by atoms with Crippen molar-refractivity contribution in [3.8, 4) is 0 Å². The molecular formula is C19H17F3N2O4S. The second-order valence-corrected chi connectivity index (χ2v) is 8.46. The Bertz CT molecular complexity index is 1020. The zero-order valence-electron chi connectivity index (χ0n) is 15.1. The lowest BCUT2D eigenvalue weighted by Gasteiger charge is -2.31. The molecule has 0 N–H and O–H groups in total. The van der Waals surface area contributed by atoms with Crippen molar-refractivity contribution < 1.29 is 31.2 Å². The van der Waals surface area contributed by atoms with Gasteiger partial charge in [0.15, 0.2) is 10.8 Å². The van der Waals surface area contributed by atoms with Crippen LogP contribution in [0, 0.1) is 5.92 Å². The summed E-state index contributed by atoms with van der Waals surface area (Å²) < 4.78 is 62.3. The Labute approximate surface area is 165 Å². The largest absolute Gasteiger partial charge is 0.503 e. The molecule has 1 aliphatic heterocycles. The van der Waals surface area contributed by atoms with Crippen LogP contribution in [0.25, 0.3) is 0 Å². The van der Waals surface area contributed by atoms with Gasteiger partial charge >= 0.3 is 5.51 Å². The number of hydrogen-bond donors (Lipinski definition) is 0. The predicted octanol–water partition coefficient (Wildman–Crippen LogP) is 3.11. The van der Waals surface area contributed by atoms with Gasteiger partial charge < -0.3 is 4.90 Å². The van der Waals surface area contributed by atoms with Gasteiger partial charge in [0.25, 0.3) is 15.7 Å². The van der Waals surface area contributed by atoms with Crippen molar-refractivity contribution in [3.05, 3.63) is 59.8 Å². The summed E-state index contributed by atoms with van der Waals surface area (Å²) in [5.41, 5.74) is -5.63. The second kappa shape index (κ2) is 7.94. The number of halogens is 3. The zero-order valence-corrected chi connectivity index (χ0v) is 15.9. The Hall–Kier alpha value is -2.75. The van der Waals surface area contributed by atoms with Crippen LogP contribution in [0.15, 0.2) is 53.7 Å². The van der Waals surface area contributed by atoms with Gasteiger partial charge in [-0.25, -0.2) is 13.4 Å². The Kier molecular flexibility index (Phi) is 5.74. The van der Waals surface area contributed by atoms with Crippen LogP contribution in [0.4, 0.5) is 13.2 Å². The van der Waals surface area contributed by atoms with Gasteiger partial charge in [0.05, 0.1) is 5.56 Å². The smallest absolute Gasteiger partial charge is 0.339 e. The standard InChI is InChI=1S/C19H17F3N2O4S/c20-19(21,22)29(27,28)17-15(7-4-10-23-17)18(26)24-11-8-14(9-12-24)16(25)13-5-2-1-3-6-13/h1-7,10,14H,8-9,11-12H2. The van der Waals surface area contributed by atoms with Crippen LogP contribution in [0.2, 0.25) is 0 Å². The molecule has 3 rings (SSSR count). The molecule has 2 aromatic rings. The van der Waals surface area contributed by atoms with E-state index in [0.717, 1.165) is 12.3 Å². The van der Waals surface area contributed by atoms with Crippen molar-refractivity contribution in [2.45, 2.75) is 23.4 Å². The average molecular weight is 426 g/mol. The summed E-state index contributed by atoms with van der Waals surface area (Å²) in [5, 5.41) is -1.31. The summed E-state index contributed by atoms with van der Waals surface area (Å²) in [5.74, 6) is -1.22. The third kappa shape index (κ3) is 4.16. The molecule has 10 heteroatoms. The number of benzene rings is 1. The number of likely N-dealkylation sites (tertiary alicyclic amines) is 1. The van der Waals surface area contributed by atoms with Gasteiger partial charge in [-0.1, -0.05) is 30.3 Å². The fraction of sp³-hybridized carbons (Fsp3) is 0.316. The summed E-state index contributed by atoms with van der Waals surface area (Å²) in [6.45, 7) is 0.255. The highest BCUT2D eigenvalue weighted by atomic mass is 32.2.